The summed E-state index contributed by atoms with van der Waals surface area (Å²) in [4.78, 5) is 28.4. The molecule has 28 heavy (non-hydrogen) atoms. The van der Waals surface area contributed by atoms with Crippen molar-refractivity contribution in [2.75, 3.05) is 18.2 Å². The van der Waals surface area contributed by atoms with Crippen LogP contribution in [-0.4, -0.2) is 34.3 Å². The van der Waals surface area contributed by atoms with Crippen LogP contribution in [0, 0.1) is 5.82 Å². The fourth-order valence-electron chi connectivity index (χ4n) is 2.61. The fraction of sp³-hybridized carbons (Fsp3) is 0.150. The van der Waals surface area contributed by atoms with Crippen molar-refractivity contribution in [1.29, 1.82) is 0 Å². The zero-order chi connectivity index (χ0) is 20.1. The zero-order valence-corrected chi connectivity index (χ0v) is 16.1. The van der Waals surface area contributed by atoms with E-state index in [1.54, 1.807) is 42.6 Å². The maximum Gasteiger partial charge on any atom is 0.339 e. The molecule has 0 unspecified atom stereocenters. The topological polar surface area (TPSA) is 73.2 Å². The third kappa shape index (κ3) is 4.40. The van der Waals surface area contributed by atoms with Gasteiger partial charge in [-0.25, -0.2) is 14.2 Å². The summed E-state index contributed by atoms with van der Waals surface area (Å²) in [5, 5.41) is 3.37. The highest BCUT2D eigenvalue weighted by Crippen LogP contribution is 2.25. The van der Waals surface area contributed by atoms with Crippen LogP contribution in [-0.2, 0) is 16.6 Å². The molecule has 1 N–H and O–H groups in total. The van der Waals surface area contributed by atoms with E-state index < -0.39 is 5.97 Å². The van der Waals surface area contributed by atoms with E-state index in [0.717, 1.165) is 11.3 Å². The average Bonchev–Trinajstić information content (AvgIpc) is 3.07. The number of hydrogen-bond acceptors (Lipinski definition) is 5. The number of halogens is 1. The normalized spacial score (nSPS) is 10.5. The Kier molecular flexibility index (Phi) is 6.10. The highest BCUT2D eigenvalue weighted by molar-refractivity contribution is 7.99. The molecular formula is C20H18FN3O3S. The molecule has 1 aromatic heterocycles. The first-order chi connectivity index (χ1) is 13.5. The Balaban J connectivity index is 1.66. The molecular weight excluding hydrogens is 381 g/mol. The number of aromatic nitrogens is 2. The predicted molar refractivity (Wildman–Crippen MR) is 106 cm³/mol. The highest BCUT2D eigenvalue weighted by Gasteiger charge is 2.15. The van der Waals surface area contributed by atoms with Crippen molar-refractivity contribution in [3.8, 4) is 11.3 Å². The van der Waals surface area contributed by atoms with Crippen molar-refractivity contribution in [3.63, 3.8) is 0 Å². The lowest BCUT2D eigenvalue weighted by Crippen LogP contribution is -2.17. The number of benzene rings is 2. The van der Waals surface area contributed by atoms with Gasteiger partial charge in [0.25, 0.3) is 0 Å². The van der Waals surface area contributed by atoms with Crippen LogP contribution >= 0.6 is 11.8 Å². The summed E-state index contributed by atoms with van der Waals surface area (Å²) >= 11 is 1.26. The SMILES string of the molecule is COC(=O)c1ccccc1NC(=O)CSc1ncc(-c2ccc(F)cc2)n1C. The maximum absolute atomic E-state index is 13.1. The van der Waals surface area contributed by atoms with Crippen molar-refractivity contribution >= 4 is 29.3 Å². The molecule has 1 heterocycles. The van der Waals surface area contributed by atoms with Crippen molar-refractivity contribution < 1.29 is 18.7 Å². The largest absolute Gasteiger partial charge is 0.465 e. The van der Waals surface area contributed by atoms with Gasteiger partial charge in [-0.15, -0.1) is 0 Å². The van der Waals surface area contributed by atoms with E-state index in [9.17, 15) is 14.0 Å². The third-order valence-electron chi connectivity index (χ3n) is 4.02. The molecule has 1 amide bonds. The van der Waals surface area contributed by atoms with Gasteiger partial charge in [-0.2, -0.15) is 0 Å². The van der Waals surface area contributed by atoms with Crippen LogP contribution in [0.1, 0.15) is 10.4 Å². The number of anilines is 1. The Hall–Kier alpha value is -3.13. The molecule has 3 aromatic rings. The Morgan fingerprint density at radius 3 is 2.61 bits per heavy atom. The number of para-hydroxylation sites is 1. The van der Waals surface area contributed by atoms with Gasteiger partial charge >= 0.3 is 5.97 Å². The van der Waals surface area contributed by atoms with Crippen molar-refractivity contribution in [1.82, 2.24) is 9.55 Å². The molecule has 0 aliphatic carbocycles. The first kappa shape index (κ1) is 19.6. The summed E-state index contributed by atoms with van der Waals surface area (Å²) in [7, 11) is 3.12. The highest BCUT2D eigenvalue weighted by atomic mass is 32.2. The van der Waals surface area contributed by atoms with Crippen LogP contribution in [0.15, 0.2) is 59.9 Å². The van der Waals surface area contributed by atoms with Crippen LogP contribution in [0.4, 0.5) is 10.1 Å². The zero-order valence-electron chi connectivity index (χ0n) is 15.3. The molecule has 2 aromatic carbocycles. The number of nitrogens with one attached hydrogen (secondary N) is 1. The van der Waals surface area contributed by atoms with E-state index in [2.05, 4.69) is 10.3 Å². The quantitative estimate of drug-likeness (QED) is 0.505. The number of nitrogens with zero attached hydrogens (tertiary/aromatic N) is 2. The minimum Gasteiger partial charge on any atom is -0.465 e. The van der Waals surface area contributed by atoms with Gasteiger partial charge in [0.2, 0.25) is 5.91 Å². The molecule has 3 rings (SSSR count). The minimum absolute atomic E-state index is 0.114. The summed E-state index contributed by atoms with van der Waals surface area (Å²) in [6.45, 7) is 0. The molecule has 0 saturated carbocycles. The van der Waals surface area contributed by atoms with Gasteiger partial charge in [-0.3, -0.25) is 4.79 Å². The number of amides is 1. The summed E-state index contributed by atoms with van der Waals surface area (Å²) < 4.78 is 19.7. The number of esters is 1. The van der Waals surface area contributed by atoms with Crippen LogP contribution in [0.2, 0.25) is 0 Å². The second-order valence-electron chi connectivity index (χ2n) is 5.87. The Morgan fingerprint density at radius 2 is 1.89 bits per heavy atom. The van der Waals surface area contributed by atoms with E-state index in [1.807, 2.05) is 11.6 Å². The lowest BCUT2D eigenvalue weighted by molar-refractivity contribution is -0.113. The van der Waals surface area contributed by atoms with E-state index in [4.69, 9.17) is 4.74 Å². The van der Waals surface area contributed by atoms with Crippen LogP contribution in [0.25, 0.3) is 11.3 Å². The molecule has 0 saturated heterocycles. The molecule has 144 valence electrons. The first-order valence-corrected chi connectivity index (χ1v) is 9.36. The lowest BCUT2D eigenvalue weighted by atomic mass is 10.2. The number of rotatable bonds is 6. The molecule has 0 radical (unpaired) electrons. The molecule has 8 heteroatoms. The maximum atomic E-state index is 13.1. The van der Waals surface area contributed by atoms with Gasteiger partial charge in [-0.1, -0.05) is 23.9 Å². The first-order valence-electron chi connectivity index (χ1n) is 8.37. The molecule has 0 atom stereocenters. The van der Waals surface area contributed by atoms with E-state index in [-0.39, 0.29) is 17.5 Å². The van der Waals surface area contributed by atoms with Crippen molar-refractivity contribution in [3.05, 3.63) is 66.1 Å². The summed E-state index contributed by atoms with van der Waals surface area (Å²) in [5.74, 6) is -0.975. The van der Waals surface area contributed by atoms with Crippen molar-refractivity contribution in [2.45, 2.75) is 5.16 Å². The predicted octanol–water partition coefficient (Wildman–Crippen LogP) is 3.74. The van der Waals surface area contributed by atoms with Gasteiger partial charge in [0.15, 0.2) is 5.16 Å². The van der Waals surface area contributed by atoms with Gasteiger partial charge in [0, 0.05) is 7.05 Å². The third-order valence-corrected chi connectivity index (χ3v) is 5.07. The summed E-state index contributed by atoms with van der Waals surface area (Å²) in [6, 6.07) is 12.8. The van der Waals surface area contributed by atoms with Gasteiger partial charge in [-0.05, 0) is 42.0 Å². The molecule has 0 spiro atoms. The molecule has 0 aliphatic rings. The average molecular weight is 399 g/mol. The second-order valence-corrected chi connectivity index (χ2v) is 6.81. The lowest BCUT2D eigenvalue weighted by Gasteiger charge is -2.09. The van der Waals surface area contributed by atoms with E-state index >= 15 is 0 Å². The summed E-state index contributed by atoms with van der Waals surface area (Å²) in [5.41, 5.74) is 2.34. The standard InChI is InChI=1S/C20H18FN3O3S/c1-24-17(13-7-9-14(21)10-8-13)11-22-20(24)28-12-18(25)23-16-6-4-3-5-15(16)19(26)27-2/h3-11H,12H2,1-2H3,(H,23,25). The number of carbonyl (C=O) groups is 2. The fourth-order valence-corrected chi connectivity index (χ4v) is 3.36. The Morgan fingerprint density at radius 1 is 1.18 bits per heavy atom. The Labute approximate surface area is 165 Å². The number of hydrogen-bond donors (Lipinski definition) is 1. The van der Waals surface area contributed by atoms with Crippen LogP contribution < -0.4 is 5.32 Å². The van der Waals surface area contributed by atoms with Gasteiger partial charge in [0.1, 0.15) is 5.82 Å². The molecule has 6 nitrogen and oxygen atoms in total. The van der Waals surface area contributed by atoms with Crippen molar-refractivity contribution in [2.24, 2.45) is 7.05 Å². The van der Waals surface area contributed by atoms with Gasteiger partial charge in [0.05, 0.1) is 36.0 Å². The Bertz CT molecular complexity index is 1000. The molecule has 0 aliphatic heterocycles. The second kappa shape index (κ2) is 8.71. The van der Waals surface area contributed by atoms with E-state index in [1.165, 1.54) is 31.0 Å². The number of ether oxygens (including phenoxy) is 1. The monoisotopic (exact) mass is 399 g/mol. The number of imidazole rings is 1. The molecule has 0 bridgehead atoms. The van der Waals surface area contributed by atoms with E-state index in [0.29, 0.717) is 16.4 Å². The van der Waals surface area contributed by atoms with Gasteiger partial charge < -0.3 is 14.6 Å². The smallest absolute Gasteiger partial charge is 0.339 e. The summed E-state index contributed by atoms with van der Waals surface area (Å²) in [6.07, 6.45) is 1.68. The minimum atomic E-state index is -0.517. The number of carbonyl (C=O) groups excluding carboxylic acids is 2. The number of methoxy groups -OCH3 is 1. The number of thioether (sulfide) groups is 1. The van der Waals surface area contributed by atoms with Crippen LogP contribution in [0.3, 0.4) is 0 Å². The molecule has 0 fully saturated rings. The van der Waals surface area contributed by atoms with Crippen LogP contribution in [0.5, 0.6) is 0 Å².